The Morgan fingerprint density at radius 2 is 1.34 bits per heavy atom. The summed E-state index contributed by atoms with van der Waals surface area (Å²) in [6.45, 7) is 9.21. The number of benzene rings is 3. The number of Topliss-reactive ketones (excluding diaryl/α,β-unsaturated/α-hetero) is 1. The maximum atomic E-state index is 15.2. The minimum absolute atomic E-state index is 0.00138. The molecular weight excluding hydrogens is 803 g/mol. The van der Waals surface area contributed by atoms with E-state index in [4.69, 9.17) is 23.7 Å². The zero-order valence-electron chi connectivity index (χ0n) is 35.6. The van der Waals surface area contributed by atoms with E-state index in [1.54, 1.807) is 62.4 Å². The Hall–Kier alpha value is -5.74. The molecule has 0 spiro atoms. The van der Waals surface area contributed by atoms with Crippen LogP contribution in [0.2, 0.25) is 0 Å². The fourth-order valence-electron chi connectivity index (χ4n) is 9.64. The Morgan fingerprint density at radius 1 is 0.806 bits per heavy atom. The third-order valence-corrected chi connectivity index (χ3v) is 12.9. The van der Waals surface area contributed by atoms with E-state index < -0.39 is 113 Å². The van der Waals surface area contributed by atoms with Crippen molar-refractivity contribution >= 4 is 35.6 Å². The number of hydrogen-bond acceptors (Lipinski definition) is 14. The molecule has 3 unspecified atom stereocenters. The van der Waals surface area contributed by atoms with Gasteiger partial charge in [0.25, 0.3) is 5.91 Å². The summed E-state index contributed by atoms with van der Waals surface area (Å²) >= 11 is 0. The largest absolute Gasteiger partial charge is 0.456 e. The minimum atomic E-state index is -2.35. The predicted molar refractivity (Wildman–Crippen MR) is 220 cm³/mol. The highest BCUT2D eigenvalue weighted by Gasteiger charge is 2.82. The topological polar surface area (TPSA) is 221 Å². The molecule has 15 heteroatoms. The molecule has 3 aromatic rings. The van der Waals surface area contributed by atoms with E-state index >= 15 is 4.79 Å². The highest BCUT2D eigenvalue weighted by molar-refractivity contribution is 5.96. The third kappa shape index (κ3) is 7.94. The van der Waals surface area contributed by atoms with Crippen molar-refractivity contribution in [2.45, 2.75) is 109 Å². The van der Waals surface area contributed by atoms with E-state index in [1.165, 1.54) is 32.9 Å². The van der Waals surface area contributed by atoms with Gasteiger partial charge in [-0.2, -0.15) is 0 Å². The number of fused-ring (bicyclic) bond motifs is 5. The average Bonchev–Trinajstić information content (AvgIpc) is 3.35. The molecule has 0 aromatic heterocycles. The molecule has 1 amide bonds. The number of rotatable bonds is 9. The number of esters is 4. The first-order chi connectivity index (χ1) is 29.2. The molecule has 1 saturated heterocycles. The minimum Gasteiger partial charge on any atom is -0.456 e. The number of carbonyl (C=O) groups excluding carboxylic acids is 6. The molecule has 4 N–H and O–H groups in total. The molecule has 2 saturated carbocycles. The average molecular weight is 856 g/mol. The molecule has 330 valence electrons. The van der Waals surface area contributed by atoms with Gasteiger partial charge in [0.2, 0.25) is 0 Å². The van der Waals surface area contributed by atoms with Gasteiger partial charge in [0.1, 0.15) is 23.9 Å². The van der Waals surface area contributed by atoms with E-state index in [-0.39, 0.29) is 28.9 Å². The van der Waals surface area contributed by atoms with Gasteiger partial charge in [0.15, 0.2) is 23.6 Å². The molecule has 2 bridgehead atoms. The zero-order valence-corrected chi connectivity index (χ0v) is 35.6. The zero-order chi connectivity index (χ0) is 45.4. The number of carbonyl (C=O) groups is 6. The number of ether oxygens (including phenoxy) is 5. The number of ketones is 1. The molecule has 11 atom stereocenters. The van der Waals surface area contributed by atoms with Crippen molar-refractivity contribution in [1.29, 1.82) is 0 Å². The van der Waals surface area contributed by atoms with Gasteiger partial charge in [-0.1, -0.05) is 86.6 Å². The lowest BCUT2D eigenvalue weighted by Gasteiger charge is -2.60. The lowest BCUT2D eigenvalue weighted by atomic mass is 9.50. The van der Waals surface area contributed by atoms with Gasteiger partial charge in [-0.3, -0.25) is 19.2 Å². The van der Waals surface area contributed by atoms with Gasteiger partial charge in [0.05, 0.1) is 35.6 Å². The van der Waals surface area contributed by atoms with Crippen LogP contribution in [0.3, 0.4) is 0 Å². The molecule has 3 fully saturated rings. The smallest absolute Gasteiger partial charge is 0.338 e. The standard InChI is InChI=1S/C41H47NO14.C6H6/c1-20-26(54-37(50)28(45)21(2)42-35(48)24-14-10-8-11-15-24)18-41(51)33(55-36(49)25-16-12-9-13-17-25)30-39(7,32(47)34-40(30,19-52-34)56-23(4)44)31(46)29(53-22(3)43)27(20)38(41,5)6;1-2-4-6-5-3-1/h8-17,21,26,28-30,32-34,45,47,51H,18-19H2,1-7H3,(H,42,48);1-6H/t21-,26-,28+,29+,30?,32-,33?,34?,39+,40+,41+;/m0./s1. The van der Waals surface area contributed by atoms with E-state index in [0.29, 0.717) is 0 Å². The Kier molecular flexibility index (Phi) is 13.0. The van der Waals surface area contributed by atoms with E-state index in [9.17, 15) is 39.3 Å². The normalized spacial score (nSPS) is 31.4. The van der Waals surface area contributed by atoms with Crippen molar-refractivity contribution in [3.8, 4) is 0 Å². The molecule has 3 aliphatic carbocycles. The summed E-state index contributed by atoms with van der Waals surface area (Å²) in [4.78, 5) is 81.3. The number of aliphatic hydroxyl groups is 3. The monoisotopic (exact) mass is 855 g/mol. The molecule has 4 aliphatic rings. The van der Waals surface area contributed by atoms with Gasteiger partial charge in [-0.25, -0.2) is 9.59 Å². The van der Waals surface area contributed by atoms with Gasteiger partial charge < -0.3 is 44.3 Å². The summed E-state index contributed by atoms with van der Waals surface area (Å²) in [6, 6.07) is 26.8. The summed E-state index contributed by atoms with van der Waals surface area (Å²) in [6.07, 6.45) is -10.5. The summed E-state index contributed by atoms with van der Waals surface area (Å²) in [7, 11) is 0. The van der Waals surface area contributed by atoms with Crippen LogP contribution in [0, 0.1) is 16.7 Å². The molecule has 15 nitrogen and oxygen atoms in total. The van der Waals surface area contributed by atoms with E-state index in [2.05, 4.69) is 5.32 Å². The van der Waals surface area contributed by atoms with Crippen LogP contribution in [0.25, 0.3) is 0 Å². The Morgan fingerprint density at radius 3 is 1.84 bits per heavy atom. The van der Waals surface area contributed by atoms with Crippen LogP contribution in [0.4, 0.5) is 0 Å². The Balaban J connectivity index is 0.000000983. The summed E-state index contributed by atoms with van der Waals surface area (Å²) in [5.74, 6) is -6.79. The van der Waals surface area contributed by atoms with Gasteiger partial charge in [0, 0.05) is 31.2 Å². The van der Waals surface area contributed by atoms with Crippen LogP contribution in [0.1, 0.15) is 75.6 Å². The second-order valence-electron chi connectivity index (χ2n) is 17.0. The number of aliphatic hydroxyl groups excluding tert-OH is 2. The fraction of sp³-hybridized carbons (Fsp3) is 0.447. The predicted octanol–water partition coefficient (Wildman–Crippen LogP) is 3.68. The van der Waals surface area contributed by atoms with Crippen molar-refractivity contribution in [2.24, 2.45) is 16.7 Å². The van der Waals surface area contributed by atoms with Gasteiger partial charge in [-0.05, 0) is 56.2 Å². The number of nitrogens with one attached hydrogen (secondary N) is 1. The van der Waals surface area contributed by atoms with E-state index in [0.717, 1.165) is 13.8 Å². The van der Waals surface area contributed by atoms with Gasteiger partial charge in [-0.15, -0.1) is 0 Å². The molecule has 62 heavy (non-hydrogen) atoms. The van der Waals surface area contributed by atoms with Crippen molar-refractivity contribution in [2.75, 3.05) is 6.61 Å². The van der Waals surface area contributed by atoms with Crippen molar-refractivity contribution in [3.63, 3.8) is 0 Å². The molecule has 1 aliphatic heterocycles. The quantitative estimate of drug-likeness (QED) is 0.137. The highest BCUT2D eigenvalue weighted by atomic mass is 16.6. The Bertz CT molecular complexity index is 2190. The molecule has 7 rings (SSSR count). The number of hydrogen-bond donors (Lipinski definition) is 4. The van der Waals surface area contributed by atoms with Crippen LogP contribution in [0.5, 0.6) is 0 Å². The lowest BCUT2D eigenvalue weighted by molar-refractivity contribution is -0.288. The van der Waals surface area contributed by atoms with Gasteiger partial charge >= 0.3 is 23.9 Å². The van der Waals surface area contributed by atoms with Crippen molar-refractivity contribution in [1.82, 2.24) is 5.32 Å². The highest BCUT2D eigenvalue weighted by Crippen LogP contribution is 2.66. The molecule has 0 radical (unpaired) electrons. The van der Waals surface area contributed by atoms with Crippen molar-refractivity contribution < 1.29 is 67.8 Å². The third-order valence-electron chi connectivity index (χ3n) is 12.9. The van der Waals surface area contributed by atoms with E-state index in [1.807, 2.05) is 36.4 Å². The van der Waals surface area contributed by atoms with Crippen LogP contribution >= 0.6 is 0 Å². The lowest BCUT2D eigenvalue weighted by Crippen LogP contribution is -2.73. The SMILES string of the molecule is CC(=O)O[C@H]1C(=O)[C@@]2(C)C(C(OC(=O)c3ccccc3)[C@]3(O)C[C@H](OC(=O)[C@H](O)[C@H](C)NC(=O)c4ccccc4)C(C)=C1C3(C)C)[C@]1(OC(C)=O)COC1[C@@H]2O.c1ccccc1. The summed E-state index contributed by atoms with van der Waals surface area (Å²) in [5.41, 5.74) is -7.34. The van der Waals surface area contributed by atoms with Crippen LogP contribution in [-0.4, -0.2) is 111 Å². The maximum Gasteiger partial charge on any atom is 0.338 e. The molecule has 3 aromatic carbocycles. The number of amides is 1. The summed E-state index contributed by atoms with van der Waals surface area (Å²) < 4.78 is 29.6. The maximum absolute atomic E-state index is 15.2. The van der Waals surface area contributed by atoms with Crippen LogP contribution in [0.15, 0.2) is 108 Å². The first-order valence-corrected chi connectivity index (χ1v) is 20.4. The van der Waals surface area contributed by atoms with Crippen molar-refractivity contribution in [3.05, 3.63) is 119 Å². The Labute approximate surface area is 359 Å². The molecular formula is C47H53NO14. The second kappa shape index (κ2) is 17.6. The summed E-state index contributed by atoms with van der Waals surface area (Å²) in [5, 5.41) is 39.1. The molecule has 1 heterocycles. The van der Waals surface area contributed by atoms with Crippen LogP contribution < -0.4 is 5.32 Å². The fourth-order valence-corrected chi connectivity index (χ4v) is 9.64. The first-order valence-electron chi connectivity index (χ1n) is 20.4. The van der Waals surface area contributed by atoms with Crippen LogP contribution in [-0.2, 0) is 42.9 Å². The first kappa shape index (κ1) is 45.8. The second-order valence-corrected chi connectivity index (χ2v) is 17.0.